The summed E-state index contributed by atoms with van der Waals surface area (Å²) in [5, 5.41) is 14.5. The van der Waals surface area contributed by atoms with E-state index in [-0.39, 0.29) is 6.61 Å². The van der Waals surface area contributed by atoms with Gasteiger partial charge >= 0.3 is 0 Å². The van der Waals surface area contributed by atoms with Crippen molar-refractivity contribution in [2.24, 2.45) is 0 Å². The fourth-order valence-electron chi connectivity index (χ4n) is 3.44. The third-order valence-electron chi connectivity index (χ3n) is 4.89. The first-order valence-electron chi connectivity index (χ1n) is 8.85. The Morgan fingerprint density at radius 2 is 1.96 bits per heavy atom. The summed E-state index contributed by atoms with van der Waals surface area (Å²) >= 11 is 0. The molecule has 0 spiro atoms. The number of aryl methyl sites for hydroxylation is 1. The summed E-state index contributed by atoms with van der Waals surface area (Å²) in [6.45, 7) is 6.55. The maximum atomic E-state index is 9.07. The van der Waals surface area contributed by atoms with Gasteiger partial charge in [-0.1, -0.05) is 0 Å². The summed E-state index contributed by atoms with van der Waals surface area (Å²) in [7, 11) is 1.90. The Kier molecular flexibility index (Phi) is 4.56. The van der Waals surface area contributed by atoms with E-state index in [0.29, 0.717) is 0 Å². The van der Waals surface area contributed by atoms with Crippen molar-refractivity contribution in [3.8, 4) is 11.3 Å². The maximum absolute atomic E-state index is 9.07. The largest absolute Gasteiger partial charge is 0.395 e. The molecule has 8 nitrogen and oxygen atoms in total. The predicted octanol–water partition coefficient (Wildman–Crippen LogP) is -0.293. The number of aliphatic hydroxyl groups excluding tert-OH is 1. The Morgan fingerprint density at radius 1 is 1.15 bits per heavy atom. The van der Waals surface area contributed by atoms with Crippen LogP contribution < -0.4 is 4.90 Å². The summed E-state index contributed by atoms with van der Waals surface area (Å²) in [6.07, 6.45) is 5.42. The van der Waals surface area contributed by atoms with E-state index < -0.39 is 0 Å². The average Bonchev–Trinajstić information content (AvgIpc) is 2.96. The van der Waals surface area contributed by atoms with Crippen LogP contribution in [0.15, 0.2) is 24.7 Å². The van der Waals surface area contributed by atoms with Gasteiger partial charge in [0.05, 0.1) is 30.4 Å². The molecule has 9 heteroatoms. The minimum Gasteiger partial charge on any atom is -0.395 e. The molecule has 0 saturated carbocycles. The van der Waals surface area contributed by atoms with E-state index in [1.165, 1.54) is 0 Å². The standard InChI is InChI=1S/C17H22BN7O/c1-12-14-8-13(9-20-17(14)25(18)22-12)15-10-19-11-16(21-15)24-4-2-23(3-5-24)6-7-26/h8-11,26H,2-7,18H2,1H3. The van der Waals surface area contributed by atoms with Crippen LogP contribution >= 0.6 is 0 Å². The van der Waals surface area contributed by atoms with Crippen LogP contribution in [0.2, 0.25) is 0 Å². The summed E-state index contributed by atoms with van der Waals surface area (Å²) in [5.74, 6) is 0.883. The highest BCUT2D eigenvalue weighted by Gasteiger charge is 2.18. The van der Waals surface area contributed by atoms with Gasteiger partial charge in [0, 0.05) is 49.9 Å². The lowest BCUT2D eigenvalue weighted by molar-refractivity contribution is 0.188. The molecule has 3 aromatic rings. The van der Waals surface area contributed by atoms with Gasteiger partial charge < -0.3 is 14.6 Å². The van der Waals surface area contributed by atoms with E-state index in [1.807, 2.05) is 27.3 Å². The first-order valence-corrected chi connectivity index (χ1v) is 8.85. The Bertz CT molecular complexity index is 921. The van der Waals surface area contributed by atoms with Gasteiger partial charge in [0.25, 0.3) is 7.98 Å². The van der Waals surface area contributed by atoms with Gasteiger partial charge in [0.2, 0.25) is 0 Å². The van der Waals surface area contributed by atoms with E-state index in [0.717, 1.165) is 66.5 Å². The molecule has 3 aromatic heterocycles. The molecule has 1 fully saturated rings. The number of piperazine rings is 1. The third-order valence-corrected chi connectivity index (χ3v) is 4.89. The van der Waals surface area contributed by atoms with Crippen LogP contribution in [-0.2, 0) is 0 Å². The lowest BCUT2D eigenvalue weighted by Gasteiger charge is -2.34. The number of hydrogen-bond donors (Lipinski definition) is 1. The molecule has 0 bridgehead atoms. The molecule has 0 radical (unpaired) electrons. The van der Waals surface area contributed by atoms with Gasteiger partial charge in [0.15, 0.2) is 0 Å². The van der Waals surface area contributed by atoms with Crippen LogP contribution in [0.1, 0.15) is 5.69 Å². The van der Waals surface area contributed by atoms with Crippen LogP contribution in [0.4, 0.5) is 5.82 Å². The van der Waals surface area contributed by atoms with E-state index >= 15 is 0 Å². The van der Waals surface area contributed by atoms with Crippen LogP contribution in [0.5, 0.6) is 0 Å². The molecular weight excluding hydrogens is 329 g/mol. The van der Waals surface area contributed by atoms with Gasteiger partial charge in [-0.2, -0.15) is 5.10 Å². The van der Waals surface area contributed by atoms with Gasteiger partial charge in [-0.3, -0.25) is 9.88 Å². The van der Waals surface area contributed by atoms with Gasteiger partial charge in [-0.15, -0.1) is 0 Å². The smallest absolute Gasteiger partial charge is 0.251 e. The first-order chi connectivity index (χ1) is 12.7. The Balaban J connectivity index is 1.59. The Labute approximate surface area is 152 Å². The molecule has 1 N–H and O–H groups in total. The number of aliphatic hydroxyl groups is 1. The molecule has 4 rings (SSSR count). The second kappa shape index (κ2) is 7.01. The number of anilines is 1. The van der Waals surface area contributed by atoms with E-state index in [2.05, 4.69) is 30.9 Å². The van der Waals surface area contributed by atoms with Gasteiger partial charge in [-0.25, -0.2) is 9.97 Å². The molecule has 4 heterocycles. The zero-order valence-corrected chi connectivity index (χ0v) is 15.1. The zero-order valence-electron chi connectivity index (χ0n) is 15.1. The molecule has 1 saturated heterocycles. The van der Waals surface area contributed by atoms with Crippen molar-refractivity contribution in [3.05, 3.63) is 30.4 Å². The van der Waals surface area contributed by atoms with Crippen LogP contribution in [0.25, 0.3) is 22.3 Å². The molecule has 1 aliphatic heterocycles. The van der Waals surface area contributed by atoms with Crippen molar-refractivity contribution in [2.45, 2.75) is 6.92 Å². The van der Waals surface area contributed by atoms with E-state index in [9.17, 15) is 0 Å². The fourth-order valence-corrected chi connectivity index (χ4v) is 3.44. The lowest BCUT2D eigenvalue weighted by atomic mass is 10.1. The molecule has 0 aromatic carbocycles. The SMILES string of the molecule is Bn1nc(C)c2cc(-c3cncc(N4CCN(CCO)CC4)n3)cnc21. The van der Waals surface area contributed by atoms with Crippen molar-refractivity contribution in [3.63, 3.8) is 0 Å². The number of pyridine rings is 1. The van der Waals surface area contributed by atoms with Gasteiger partial charge in [0.1, 0.15) is 11.5 Å². The molecular formula is C17H22BN7O. The lowest BCUT2D eigenvalue weighted by Crippen LogP contribution is -2.47. The molecule has 0 amide bonds. The highest BCUT2D eigenvalue weighted by Crippen LogP contribution is 2.24. The van der Waals surface area contributed by atoms with Crippen LogP contribution in [0, 0.1) is 6.92 Å². The molecule has 0 aliphatic carbocycles. The van der Waals surface area contributed by atoms with Crippen molar-refractivity contribution < 1.29 is 5.11 Å². The number of aromatic nitrogens is 5. The minimum absolute atomic E-state index is 0.207. The van der Waals surface area contributed by atoms with Crippen molar-refractivity contribution in [1.82, 2.24) is 29.5 Å². The highest BCUT2D eigenvalue weighted by molar-refractivity contribution is 6.10. The predicted molar refractivity (Wildman–Crippen MR) is 103 cm³/mol. The molecule has 1 aliphatic rings. The first kappa shape index (κ1) is 16.9. The summed E-state index contributed by atoms with van der Waals surface area (Å²) in [6, 6.07) is 2.08. The van der Waals surface area contributed by atoms with Crippen molar-refractivity contribution in [1.29, 1.82) is 0 Å². The zero-order chi connectivity index (χ0) is 18.1. The number of nitrogens with zero attached hydrogens (tertiary/aromatic N) is 7. The second-order valence-electron chi connectivity index (χ2n) is 6.62. The van der Waals surface area contributed by atoms with Crippen molar-refractivity contribution in [2.75, 3.05) is 44.2 Å². The van der Waals surface area contributed by atoms with E-state index in [1.54, 1.807) is 10.8 Å². The van der Waals surface area contributed by atoms with E-state index in [4.69, 9.17) is 10.1 Å². The molecule has 0 atom stereocenters. The van der Waals surface area contributed by atoms with Gasteiger partial charge in [-0.05, 0) is 13.0 Å². The Hall–Kier alpha value is -2.52. The third kappa shape index (κ3) is 3.15. The average molecular weight is 351 g/mol. The summed E-state index contributed by atoms with van der Waals surface area (Å²) in [5.41, 5.74) is 3.59. The maximum Gasteiger partial charge on any atom is 0.251 e. The monoisotopic (exact) mass is 351 g/mol. The molecule has 0 unspecified atom stereocenters. The summed E-state index contributed by atoms with van der Waals surface area (Å²) in [4.78, 5) is 18.2. The topological polar surface area (TPSA) is 83.2 Å². The number of β-amino-alcohol motifs (C(OH)–C–C–N with tert-alkyl or cyclic N) is 1. The quantitative estimate of drug-likeness (QED) is 0.647. The summed E-state index contributed by atoms with van der Waals surface area (Å²) < 4.78 is 1.79. The number of fused-ring (bicyclic) bond motifs is 1. The minimum atomic E-state index is 0.207. The second-order valence-corrected chi connectivity index (χ2v) is 6.62. The van der Waals surface area contributed by atoms with Crippen molar-refractivity contribution >= 4 is 24.8 Å². The number of rotatable bonds is 4. The highest BCUT2D eigenvalue weighted by atomic mass is 16.3. The normalized spacial score (nSPS) is 15.7. The van der Waals surface area contributed by atoms with Crippen LogP contribution in [-0.4, -0.2) is 82.0 Å². The Morgan fingerprint density at radius 3 is 2.73 bits per heavy atom. The number of hydrogen-bond acceptors (Lipinski definition) is 7. The molecule has 26 heavy (non-hydrogen) atoms. The fraction of sp³-hybridized carbons (Fsp3) is 0.412. The van der Waals surface area contributed by atoms with Crippen LogP contribution in [0.3, 0.4) is 0 Å². The molecule has 134 valence electrons.